The van der Waals surface area contributed by atoms with Crippen LogP contribution in [0.4, 0.5) is 13.2 Å². The Morgan fingerprint density at radius 2 is 1.73 bits per heavy atom. The number of hydrogen-bond acceptors (Lipinski definition) is 1. The van der Waals surface area contributed by atoms with Gasteiger partial charge in [0.2, 0.25) is 0 Å². The Labute approximate surface area is 89.6 Å². The van der Waals surface area contributed by atoms with Crippen molar-refractivity contribution in [3.63, 3.8) is 0 Å². The Morgan fingerprint density at radius 1 is 1.13 bits per heavy atom. The van der Waals surface area contributed by atoms with Gasteiger partial charge in [-0.1, -0.05) is 19.3 Å². The first kappa shape index (κ1) is 12.8. The van der Waals surface area contributed by atoms with E-state index in [1.165, 1.54) is 19.3 Å². The highest BCUT2D eigenvalue weighted by molar-refractivity contribution is 4.73. The van der Waals surface area contributed by atoms with Gasteiger partial charge in [0.15, 0.2) is 0 Å². The van der Waals surface area contributed by atoms with E-state index in [1.54, 1.807) is 0 Å². The molecule has 15 heavy (non-hydrogen) atoms. The van der Waals surface area contributed by atoms with Crippen LogP contribution in [0, 0.1) is 0 Å². The van der Waals surface area contributed by atoms with Crippen molar-refractivity contribution in [1.29, 1.82) is 0 Å². The zero-order valence-corrected chi connectivity index (χ0v) is 9.32. The van der Waals surface area contributed by atoms with Gasteiger partial charge in [-0.15, -0.1) is 0 Å². The van der Waals surface area contributed by atoms with Crippen molar-refractivity contribution in [3.8, 4) is 0 Å². The molecule has 0 aromatic rings. The lowest BCUT2D eigenvalue weighted by Crippen LogP contribution is -2.34. The maximum atomic E-state index is 11.9. The molecule has 0 aliphatic heterocycles. The summed E-state index contributed by atoms with van der Waals surface area (Å²) in [6.07, 6.45) is 1.65. The summed E-state index contributed by atoms with van der Waals surface area (Å²) >= 11 is 0. The summed E-state index contributed by atoms with van der Waals surface area (Å²) in [5, 5.41) is 0. The molecule has 0 unspecified atom stereocenters. The second-order valence-corrected chi connectivity index (χ2v) is 4.49. The predicted molar refractivity (Wildman–Crippen MR) is 54.8 cm³/mol. The van der Waals surface area contributed by atoms with E-state index in [9.17, 15) is 13.2 Å². The van der Waals surface area contributed by atoms with Crippen molar-refractivity contribution in [2.75, 3.05) is 13.6 Å². The SMILES string of the molecule is CN(CCCC(F)(F)F)C1CCCCC1. The van der Waals surface area contributed by atoms with Gasteiger partial charge in [0.1, 0.15) is 0 Å². The van der Waals surface area contributed by atoms with E-state index in [4.69, 9.17) is 0 Å². The van der Waals surface area contributed by atoms with Crippen LogP contribution in [0.5, 0.6) is 0 Å². The van der Waals surface area contributed by atoms with Crippen LogP contribution in [-0.2, 0) is 0 Å². The maximum absolute atomic E-state index is 11.9. The molecular formula is C11H20F3N. The van der Waals surface area contributed by atoms with Crippen LogP contribution in [-0.4, -0.2) is 30.7 Å². The molecule has 0 heterocycles. The lowest BCUT2D eigenvalue weighted by Gasteiger charge is -2.31. The summed E-state index contributed by atoms with van der Waals surface area (Å²) in [5.74, 6) is 0. The Kier molecular flexibility index (Phi) is 4.90. The quantitative estimate of drug-likeness (QED) is 0.704. The lowest BCUT2D eigenvalue weighted by atomic mass is 9.94. The Morgan fingerprint density at radius 3 is 2.27 bits per heavy atom. The molecule has 0 atom stereocenters. The van der Waals surface area contributed by atoms with Crippen molar-refractivity contribution >= 4 is 0 Å². The third-order valence-corrected chi connectivity index (χ3v) is 3.17. The average molecular weight is 223 g/mol. The molecule has 0 aromatic heterocycles. The van der Waals surface area contributed by atoms with Gasteiger partial charge in [-0.05, 0) is 32.9 Å². The van der Waals surface area contributed by atoms with Gasteiger partial charge in [-0.25, -0.2) is 0 Å². The molecule has 1 rings (SSSR count). The molecule has 4 heteroatoms. The van der Waals surface area contributed by atoms with Crippen LogP contribution in [0.25, 0.3) is 0 Å². The molecule has 1 fully saturated rings. The van der Waals surface area contributed by atoms with Gasteiger partial charge in [-0.3, -0.25) is 0 Å². The zero-order valence-electron chi connectivity index (χ0n) is 9.32. The second kappa shape index (κ2) is 5.73. The topological polar surface area (TPSA) is 3.24 Å². The normalized spacial score (nSPS) is 19.8. The molecule has 0 amide bonds. The van der Waals surface area contributed by atoms with Crippen LogP contribution in [0.3, 0.4) is 0 Å². The van der Waals surface area contributed by atoms with Crippen molar-refractivity contribution in [1.82, 2.24) is 4.90 Å². The summed E-state index contributed by atoms with van der Waals surface area (Å²) < 4.78 is 35.8. The number of alkyl halides is 3. The van der Waals surface area contributed by atoms with Crippen molar-refractivity contribution in [2.45, 2.75) is 57.2 Å². The number of rotatable bonds is 4. The molecule has 0 saturated heterocycles. The fourth-order valence-electron chi connectivity index (χ4n) is 2.23. The van der Waals surface area contributed by atoms with Crippen LogP contribution in [0.15, 0.2) is 0 Å². The standard InChI is InChI=1S/C11H20F3N/c1-15(9-5-8-11(12,13)14)10-6-3-2-4-7-10/h10H,2-9H2,1H3. The van der Waals surface area contributed by atoms with Crippen LogP contribution < -0.4 is 0 Å². The first-order valence-electron chi connectivity index (χ1n) is 5.76. The summed E-state index contributed by atoms with van der Waals surface area (Å²) in [6.45, 7) is 0.574. The molecular weight excluding hydrogens is 203 g/mol. The number of hydrogen-bond donors (Lipinski definition) is 0. The van der Waals surface area contributed by atoms with E-state index >= 15 is 0 Å². The van der Waals surface area contributed by atoms with Gasteiger partial charge >= 0.3 is 6.18 Å². The molecule has 1 saturated carbocycles. The molecule has 0 bridgehead atoms. The molecule has 0 spiro atoms. The van der Waals surface area contributed by atoms with Gasteiger partial charge in [-0.2, -0.15) is 13.2 Å². The first-order chi connectivity index (χ1) is 6.99. The molecule has 1 aliphatic carbocycles. The first-order valence-corrected chi connectivity index (χ1v) is 5.76. The third kappa shape index (κ3) is 5.40. The molecule has 1 aliphatic rings. The van der Waals surface area contributed by atoms with Gasteiger partial charge in [0, 0.05) is 12.5 Å². The smallest absolute Gasteiger partial charge is 0.303 e. The van der Waals surface area contributed by atoms with Crippen molar-refractivity contribution < 1.29 is 13.2 Å². The van der Waals surface area contributed by atoms with Gasteiger partial charge < -0.3 is 4.90 Å². The Hall–Kier alpha value is -0.250. The molecule has 0 N–H and O–H groups in total. The highest BCUT2D eigenvalue weighted by Gasteiger charge is 2.27. The van der Waals surface area contributed by atoms with E-state index in [0.29, 0.717) is 12.6 Å². The fourth-order valence-corrected chi connectivity index (χ4v) is 2.23. The number of halogens is 3. The Balaban J connectivity index is 2.14. The predicted octanol–water partition coefficient (Wildman–Crippen LogP) is 3.59. The average Bonchev–Trinajstić information content (AvgIpc) is 2.17. The number of nitrogens with zero attached hydrogens (tertiary/aromatic N) is 1. The molecule has 1 nitrogen and oxygen atoms in total. The lowest BCUT2D eigenvalue weighted by molar-refractivity contribution is -0.136. The van der Waals surface area contributed by atoms with E-state index in [1.807, 2.05) is 7.05 Å². The summed E-state index contributed by atoms with van der Waals surface area (Å²) in [5.41, 5.74) is 0. The molecule has 0 radical (unpaired) electrons. The van der Waals surface area contributed by atoms with Crippen LogP contribution in [0.2, 0.25) is 0 Å². The highest BCUT2D eigenvalue weighted by Crippen LogP contribution is 2.24. The largest absolute Gasteiger partial charge is 0.389 e. The van der Waals surface area contributed by atoms with E-state index < -0.39 is 12.6 Å². The Bertz CT molecular complexity index is 173. The zero-order chi connectivity index (χ0) is 11.3. The van der Waals surface area contributed by atoms with Crippen LogP contribution >= 0.6 is 0 Å². The van der Waals surface area contributed by atoms with Crippen LogP contribution in [0.1, 0.15) is 44.9 Å². The minimum Gasteiger partial charge on any atom is -0.303 e. The molecule has 90 valence electrons. The minimum atomic E-state index is -3.99. The highest BCUT2D eigenvalue weighted by atomic mass is 19.4. The summed E-state index contributed by atoms with van der Waals surface area (Å²) in [6, 6.07) is 0.520. The van der Waals surface area contributed by atoms with Crippen molar-refractivity contribution in [2.24, 2.45) is 0 Å². The minimum absolute atomic E-state index is 0.233. The van der Waals surface area contributed by atoms with Gasteiger partial charge in [0.05, 0.1) is 0 Å². The van der Waals surface area contributed by atoms with E-state index in [-0.39, 0.29) is 6.42 Å². The monoisotopic (exact) mass is 223 g/mol. The van der Waals surface area contributed by atoms with Gasteiger partial charge in [0.25, 0.3) is 0 Å². The summed E-state index contributed by atoms with van der Waals surface area (Å²) in [7, 11) is 1.95. The molecule has 0 aromatic carbocycles. The van der Waals surface area contributed by atoms with Crippen molar-refractivity contribution in [3.05, 3.63) is 0 Å². The van der Waals surface area contributed by atoms with E-state index in [2.05, 4.69) is 4.90 Å². The second-order valence-electron chi connectivity index (χ2n) is 4.49. The maximum Gasteiger partial charge on any atom is 0.389 e. The summed E-state index contributed by atoms with van der Waals surface area (Å²) in [4.78, 5) is 2.10. The van der Waals surface area contributed by atoms with E-state index in [0.717, 1.165) is 12.8 Å². The third-order valence-electron chi connectivity index (χ3n) is 3.17. The fraction of sp³-hybridized carbons (Fsp3) is 1.00.